The van der Waals surface area contributed by atoms with Crippen LogP contribution in [0.1, 0.15) is 42.4 Å². The second-order valence-electron chi connectivity index (χ2n) is 12.0. The minimum atomic E-state index is -4.27. The summed E-state index contributed by atoms with van der Waals surface area (Å²) in [5.74, 6) is -0.263. The average molecular weight is 709 g/mol. The maximum Gasteiger partial charge on any atom is 0.264 e. The first kappa shape index (κ1) is 35.3. The second kappa shape index (κ2) is 15.9. The molecule has 5 rings (SSSR count). The van der Waals surface area contributed by atoms with Gasteiger partial charge >= 0.3 is 0 Å². The average Bonchev–Trinajstić information content (AvgIpc) is 3.60. The lowest BCUT2D eigenvalue weighted by Gasteiger charge is -2.34. The van der Waals surface area contributed by atoms with E-state index < -0.39 is 28.5 Å². The van der Waals surface area contributed by atoms with Crippen molar-refractivity contribution in [3.05, 3.63) is 124 Å². The van der Waals surface area contributed by atoms with Crippen LogP contribution in [0.25, 0.3) is 0 Å². The first-order chi connectivity index (χ1) is 23.0. The van der Waals surface area contributed by atoms with E-state index in [9.17, 15) is 18.0 Å². The SMILES string of the molecule is COc1cccc(CN(C(=O)CN(c2ccc(Cl)c(Cl)c2)S(=O)(=O)c2ccc(C)cc2)C(Cc2ccccc2)C(=O)NC2CCCC2)c1. The molecule has 8 nitrogen and oxygen atoms in total. The topological polar surface area (TPSA) is 96.0 Å². The number of rotatable bonds is 13. The highest BCUT2D eigenvalue weighted by Crippen LogP contribution is 2.31. The lowest BCUT2D eigenvalue weighted by Crippen LogP contribution is -2.54. The summed E-state index contributed by atoms with van der Waals surface area (Å²) < 4.78 is 35.0. The molecule has 2 amide bonds. The Bertz CT molecular complexity index is 1830. The Labute approximate surface area is 292 Å². The van der Waals surface area contributed by atoms with E-state index >= 15 is 0 Å². The highest BCUT2D eigenvalue weighted by molar-refractivity contribution is 7.92. The zero-order valence-electron chi connectivity index (χ0n) is 26.9. The fourth-order valence-corrected chi connectivity index (χ4v) is 7.59. The van der Waals surface area contributed by atoms with Gasteiger partial charge in [-0.15, -0.1) is 0 Å². The van der Waals surface area contributed by atoms with E-state index in [1.54, 1.807) is 31.4 Å². The molecule has 252 valence electrons. The van der Waals surface area contributed by atoms with E-state index in [1.807, 2.05) is 49.4 Å². The fraction of sp³-hybridized carbons (Fsp3) is 0.297. The summed E-state index contributed by atoms with van der Waals surface area (Å²) in [4.78, 5) is 30.3. The number of carbonyl (C=O) groups excluding carboxylic acids is 2. The molecule has 4 aromatic rings. The number of nitrogens with zero attached hydrogens (tertiary/aromatic N) is 2. The van der Waals surface area contributed by atoms with Crippen LogP contribution in [-0.4, -0.2) is 50.9 Å². The van der Waals surface area contributed by atoms with Crippen LogP contribution in [0.5, 0.6) is 5.75 Å². The Morgan fingerprint density at radius 2 is 1.56 bits per heavy atom. The van der Waals surface area contributed by atoms with E-state index in [1.165, 1.54) is 35.2 Å². The Balaban J connectivity index is 1.59. The lowest BCUT2D eigenvalue weighted by atomic mass is 10.0. The van der Waals surface area contributed by atoms with Crippen LogP contribution in [0, 0.1) is 6.92 Å². The van der Waals surface area contributed by atoms with Gasteiger partial charge in [0.05, 0.1) is 27.7 Å². The summed E-state index contributed by atoms with van der Waals surface area (Å²) in [6.07, 6.45) is 4.01. The zero-order chi connectivity index (χ0) is 34.3. The van der Waals surface area contributed by atoms with Gasteiger partial charge in [0, 0.05) is 19.0 Å². The van der Waals surface area contributed by atoms with E-state index in [4.69, 9.17) is 27.9 Å². The van der Waals surface area contributed by atoms with E-state index in [0.717, 1.165) is 46.7 Å². The van der Waals surface area contributed by atoms with Gasteiger partial charge in [-0.3, -0.25) is 13.9 Å². The molecular formula is C37H39Cl2N3O5S. The molecule has 1 saturated carbocycles. The highest BCUT2D eigenvalue weighted by atomic mass is 35.5. The van der Waals surface area contributed by atoms with Crippen LogP contribution in [0.3, 0.4) is 0 Å². The molecule has 0 spiro atoms. The number of benzene rings is 4. The molecule has 0 aromatic heterocycles. The van der Waals surface area contributed by atoms with Gasteiger partial charge in [-0.2, -0.15) is 0 Å². The van der Waals surface area contributed by atoms with E-state index in [0.29, 0.717) is 5.75 Å². The second-order valence-corrected chi connectivity index (χ2v) is 14.7. The number of anilines is 1. The monoisotopic (exact) mass is 707 g/mol. The Hall–Kier alpha value is -4.05. The molecule has 0 saturated heterocycles. The molecule has 0 bridgehead atoms. The summed E-state index contributed by atoms with van der Waals surface area (Å²) in [5, 5.41) is 3.56. The Kier molecular flexibility index (Phi) is 11.7. The third kappa shape index (κ3) is 8.69. The standard InChI is InChI=1S/C37H39Cl2N3O5S/c1-26-15-18-32(19-16-26)48(45,46)42(30-17-20-33(38)34(39)23-30)25-36(43)41(24-28-11-8-14-31(21-28)47-2)35(22-27-9-4-3-5-10-27)37(44)40-29-12-6-7-13-29/h3-5,8-11,14-21,23,29,35H,6-7,12-13,22,24-25H2,1-2H3,(H,40,44). The molecule has 1 fully saturated rings. The fourth-order valence-electron chi connectivity index (χ4n) is 5.90. The van der Waals surface area contributed by atoms with Gasteiger partial charge in [-0.1, -0.05) is 96.2 Å². The number of amides is 2. The predicted molar refractivity (Wildman–Crippen MR) is 190 cm³/mol. The number of sulfonamides is 1. The van der Waals surface area contributed by atoms with Crippen LogP contribution >= 0.6 is 23.2 Å². The third-order valence-corrected chi connectivity index (χ3v) is 11.1. The summed E-state index contributed by atoms with van der Waals surface area (Å²) in [5.41, 5.74) is 2.63. The lowest BCUT2D eigenvalue weighted by molar-refractivity contribution is -0.140. The smallest absolute Gasteiger partial charge is 0.264 e. The largest absolute Gasteiger partial charge is 0.497 e. The summed E-state index contributed by atoms with van der Waals surface area (Å²) in [6, 6.07) is 26.6. The van der Waals surface area contributed by atoms with Crippen molar-refractivity contribution in [3.8, 4) is 5.75 Å². The van der Waals surface area contributed by atoms with Crippen LogP contribution < -0.4 is 14.4 Å². The van der Waals surface area contributed by atoms with Crippen LogP contribution in [0.2, 0.25) is 10.0 Å². The third-order valence-electron chi connectivity index (χ3n) is 8.54. The van der Waals surface area contributed by atoms with Crippen molar-refractivity contribution < 1.29 is 22.7 Å². The molecule has 0 radical (unpaired) electrons. The Morgan fingerprint density at radius 3 is 2.23 bits per heavy atom. The Morgan fingerprint density at radius 1 is 0.875 bits per heavy atom. The predicted octanol–water partition coefficient (Wildman–Crippen LogP) is 7.20. The maximum absolute atomic E-state index is 14.7. The number of hydrogen-bond acceptors (Lipinski definition) is 5. The van der Waals surface area contributed by atoms with Crippen molar-refractivity contribution in [2.45, 2.75) is 62.6 Å². The normalized spacial score (nSPS) is 13.9. The van der Waals surface area contributed by atoms with Gasteiger partial charge in [-0.05, 0) is 73.4 Å². The maximum atomic E-state index is 14.7. The van der Waals surface area contributed by atoms with Gasteiger partial charge in [0.1, 0.15) is 18.3 Å². The van der Waals surface area contributed by atoms with Crippen LogP contribution in [-0.2, 0) is 32.6 Å². The number of aryl methyl sites for hydroxylation is 1. The number of methoxy groups -OCH3 is 1. The molecule has 1 atom stereocenters. The molecule has 1 aliphatic rings. The summed E-state index contributed by atoms with van der Waals surface area (Å²) >= 11 is 12.6. The van der Waals surface area contributed by atoms with Crippen LogP contribution in [0.15, 0.2) is 102 Å². The number of hydrogen-bond donors (Lipinski definition) is 1. The highest BCUT2D eigenvalue weighted by Gasteiger charge is 2.35. The summed E-state index contributed by atoms with van der Waals surface area (Å²) in [6.45, 7) is 1.29. The minimum absolute atomic E-state index is 0.00568. The first-order valence-electron chi connectivity index (χ1n) is 15.9. The van der Waals surface area contributed by atoms with Gasteiger partial charge < -0.3 is 15.0 Å². The molecule has 0 heterocycles. The molecule has 48 heavy (non-hydrogen) atoms. The van der Waals surface area contributed by atoms with Crippen molar-refractivity contribution in [2.24, 2.45) is 0 Å². The molecule has 1 N–H and O–H groups in total. The number of nitrogens with one attached hydrogen (secondary N) is 1. The van der Waals surface area contributed by atoms with Gasteiger partial charge in [0.25, 0.3) is 10.0 Å². The molecule has 1 unspecified atom stereocenters. The van der Waals surface area contributed by atoms with Gasteiger partial charge in [0.15, 0.2) is 0 Å². The molecule has 11 heteroatoms. The van der Waals surface area contributed by atoms with Crippen molar-refractivity contribution in [1.29, 1.82) is 0 Å². The summed E-state index contributed by atoms with van der Waals surface area (Å²) in [7, 11) is -2.72. The van der Waals surface area contributed by atoms with Crippen LogP contribution in [0.4, 0.5) is 5.69 Å². The van der Waals surface area contributed by atoms with Crippen molar-refractivity contribution in [2.75, 3.05) is 18.0 Å². The molecule has 0 aliphatic heterocycles. The number of halogens is 2. The van der Waals surface area contributed by atoms with Crippen molar-refractivity contribution in [1.82, 2.24) is 10.2 Å². The van der Waals surface area contributed by atoms with Crippen molar-refractivity contribution >= 4 is 50.7 Å². The van der Waals surface area contributed by atoms with Gasteiger partial charge in [-0.25, -0.2) is 8.42 Å². The van der Waals surface area contributed by atoms with Crippen molar-refractivity contribution in [3.63, 3.8) is 0 Å². The number of carbonyl (C=O) groups is 2. The van der Waals surface area contributed by atoms with Gasteiger partial charge in [0.2, 0.25) is 11.8 Å². The molecule has 1 aliphatic carbocycles. The quantitative estimate of drug-likeness (QED) is 0.159. The molecule has 4 aromatic carbocycles. The zero-order valence-corrected chi connectivity index (χ0v) is 29.3. The van der Waals surface area contributed by atoms with E-state index in [2.05, 4.69) is 5.32 Å². The number of ether oxygens (including phenoxy) is 1. The first-order valence-corrected chi connectivity index (χ1v) is 18.1. The minimum Gasteiger partial charge on any atom is -0.497 e. The van der Waals surface area contributed by atoms with E-state index in [-0.39, 0.29) is 45.5 Å². The molecular weight excluding hydrogens is 669 g/mol.